The van der Waals surface area contributed by atoms with Crippen LogP contribution in [0.3, 0.4) is 0 Å². The lowest BCUT2D eigenvalue weighted by atomic mass is 10.0. The van der Waals surface area contributed by atoms with Crippen molar-refractivity contribution in [3.63, 3.8) is 0 Å². The normalized spacial score (nSPS) is 23.9. The third-order valence-electron chi connectivity index (χ3n) is 2.76. The molecule has 0 aromatic carbocycles. The zero-order chi connectivity index (χ0) is 11.3. The minimum absolute atomic E-state index is 0.0427. The van der Waals surface area contributed by atoms with Gasteiger partial charge in [-0.2, -0.15) is 0 Å². The quantitative estimate of drug-likeness (QED) is 0.696. The van der Waals surface area contributed by atoms with Gasteiger partial charge in [0.25, 0.3) is 0 Å². The number of carbonyl (C=O) groups excluding carboxylic acids is 1. The van der Waals surface area contributed by atoms with Gasteiger partial charge in [0, 0.05) is 13.2 Å². The Balaban J connectivity index is 2.53. The molecule has 0 N–H and O–H groups in total. The Bertz CT molecular complexity index is 209. The minimum Gasteiger partial charge on any atom is -0.380 e. The molecule has 1 heterocycles. The Kier molecular flexibility index (Phi) is 5.40. The molecule has 1 aliphatic rings. The molecule has 0 aromatic rings. The maximum Gasteiger partial charge on any atom is 0.240 e. The Morgan fingerprint density at radius 3 is 2.93 bits per heavy atom. The first-order chi connectivity index (χ1) is 7.16. The van der Waals surface area contributed by atoms with Crippen molar-refractivity contribution in [3.8, 4) is 0 Å². The standard InChI is InChI=1S/C11H20ClNO2/c1-3-15-8-10-6-4-5-7-13(10)11(14)9(2)12/h9-10H,3-8H2,1-2H3. The van der Waals surface area contributed by atoms with Crippen LogP contribution >= 0.6 is 11.6 Å². The smallest absolute Gasteiger partial charge is 0.240 e. The fourth-order valence-corrected chi connectivity index (χ4v) is 2.07. The molecule has 2 unspecified atom stereocenters. The van der Waals surface area contributed by atoms with Crippen LogP contribution in [0.4, 0.5) is 0 Å². The van der Waals surface area contributed by atoms with Gasteiger partial charge in [-0.1, -0.05) is 0 Å². The molecule has 1 saturated heterocycles. The first kappa shape index (κ1) is 12.8. The SMILES string of the molecule is CCOCC1CCCCN1C(=O)C(C)Cl. The lowest BCUT2D eigenvalue weighted by Crippen LogP contribution is -2.48. The average molecular weight is 234 g/mol. The summed E-state index contributed by atoms with van der Waals surface area (Å²) < 4.78 is 5.40. The number of ether oxygens (including phenoxy) is 1. The molecule has 0 spiro atoms. The van der Waals surface area contributed by atoms with Crippen molar-refractivity contribution in [2.75, 3.05) is 19.8 Å². The summed E-state index contributed by atoms with van der Waals surface area (Å²) in [6.45, 7) is 5.88. The minimum atomic E-state index is -0.424. The molecule has 1 amide bonds. The van der Waals surface area contributed by atoms with E-state index in [1.165, 1.54) is 6.42 Å². The van der Waals surface area contributed by atoms with Crippen LogP contribution in [-0.2, 0) is 9.53 Å². The van der Waals surface area contributed by atoms with Crippen LogP contribution in [0.25, 0.3) is 0 Å². The van der Waals surface area contributed by atoms with E-state index in [1.807, 2.05) is 11.8 Å². The predicted octanol–water partition coefficient (Wildman–Crippen LogP) is 2.03. The maximum absolute atomic E-state index is 11.8. The summed E-state index contributed by atoms with van der Waals surface area (Å²) in [5.41, 5.74) is 0. The van der Waals surface area contributed by atoms with Crippen molar-refractivity contribution >= 4 is 17.5 Å². The van der Waals surface area contributed by atoms with Gasteiger partial charge < -0.3 is 9.64 Å². The van der Waals surface area contributed by atoms with E-state index >= 15 is 0 Å². The number of nitrogens with zero attached hydrogens (tertiary/aromatic N) is 1. The first-order valence-corrected chi connectivity index (χ1v) is 6.12. The Hall–Kier alpha value is -0.280. The fraction of sp³-hybridized carbons (Fsp3) is 0.909. The second-order valence-electron chi connectivity index (χ2n) is 3.96. The molecular formula is C11H20ClNO2. The maximum atomic E-state index is 11.8. The zero-order valence-corrected chi connectivity index (χ0v) is 10.3. The summed E-state index contributed by atoms with van der Waals surface area (Å²) in [4.78, 5) is 13.7. The Morgan fingerprint density at radius 2 is 2.33 bits per heavy atom. The molecule has 0 aromatic heterocycles. The van der Waals surface area contributed by atoms with Crippen LogP contribution < -0.4 is 0 Å². The molecule has 1 rings (SSSR count). The largest absolute Gasteiger partial charge is 0.380 e. The van der Waals surface area contributed by atoms with Crippen molar-refractivity contribution < 1.29 is 9.53 Å². The number of likely N-dealkylation sites (tertiary alicyclic amines) is 1. The summed E-state index contributed by atoms with van der Waals surface area (Å²) in [5, 5.41) is -0.424. The second-order valence-corrected chi connectivity index (χ2v) is 4.61. The summed E-state index contributed by atoms with van der Waals surface area (Å²) >= 11 is 5.83. The van der Waals surface area contributed by atoms with Crippen molar-refractivity contribution in [2.24, 2.45) is 0 Å². The number of hydrogen-bond donors (Lipinski definition) is 0. The number of alkyl halides is 1. The van der Waals surface area contributed by atoms with Gasteiger partial charge in [0.15, 0.2) is 0 Å². The van der Waals surface area contributed by atoms with E-state index < -0.39 is 5.38 Å². The highest BCUT2D eigenvalue weighted by atomic mass is 35.5. The van der Waals surface area contributed by atoms with Gasteiger partial charge in [-0.3, -0.25) is 4.79 Å². The number of hydrogen-bond acceptors (Lipinski definition) is 2. The molecule has 15 heavy (non-hydrogen) atoms. The molecule has 0 radical (unpaired) electrons. The Morgan fingerprint density at radius 1 is 1.60 bits per heavy atom. The molecule has 0 saturated carbocycles. The van der Waals surface area contributed by atoms with Crippen molar-refractivity contribution in [2.45, 2.75) is 44.5 Å². The third kappa shape index (κ3) is 3.65. The molecule has 88 valence electrons. The number of carbonyl (C=O) groups is 1. The van der Waals surface area contributed by atoms with Gasteiger partial charge in [-0.25, -0.2) is 0 Å². The van der Waals surface area contributed by atoms with Gasteiger partial charge in [0.2, 0.25) is 5.91 Å². The van der Waals surface area contributed by atoms with Crippen molar-refractivity contribution in [3.05, 3.63) is 0 Å². The topological polar surface area (TPSA) is 29.5 Å². The van der Waals surface area contributed by atoms with Crippen LogP contribution in [0.15, 0.2) is 0 Å². The van der Waals surface area contributed by atoms with E-state index in [2.05, 4.69) is 0 Å². The van der Waals surface area contributed by atoms with Crippen molar-refractivity contribution in [1.29, 1.82) is 0 Å². The van der Waals surface area contributed by atoms with Gasteiger partial charge in [-0.05, 0) is 33.1 Å². The van der Waals surface area contributed by atoms with Crippen LogP contribution in [-0.4, -0.2) is 42.0 Å². The highest BCUT2D eigenvalue weighted by Gasteiger charge is 2.28. The summed E-state index contributed by atoms with van der Waals surface area (Å²) in [5.74, 6) is 0.0427. The predicted molar refractivity (Wildman–Crippen MR) is 61.2 cm³/mol. The van der Waals surface area contributed by atoms with E-state index in [1.54, 1.807) is 6.92 Å². The first-order valence-electron chi connectivity index (χ1n) is 5.69. The number of amides is 1. The van der Waals surface area contributed by atoms with E-state index in [9.17, 15) is 4.79 Å². The fourth-order valence-electron chi connectivity index (χ4n) is 1.95. The van der Waals surface area contributed by atoms with Crippen molar-refractivity contribution in [1.82, 2.24) is 4.90 Å². The molecule has 0 aliphatic carbocycles. The number of rotatable bonds is 4. The van der Waals surface area contributed by atoms with Crippen LogP contribution in [0.1, 0.15) is 33.1 Å². The molecule has 2 atom stereocenters. The Labute approximate surface area is 96.7 Å². The lowest BCUT2D eigenvalue weighted by Gasteiger charge is -2.36. The molecule has 0 bridgehead atoms. The van der Waals surface area contributed by atoms with E-state index in [-0.39, 0.29) is 11.9 Å². The molecule has 1 fully saturated rings. The van der Waals surface area contributed by atoms with Crippen LogP contribution in [0, 0.1) is 0 Å². The highest BCUT2D eigenvalue weighted by molar-refractivity contribution is 6.30. The summed E-state index contributed by atoms with van der Waals surface area (Å²) in [6.07, 6.45) is 3.30. The summed E-state index contributed by atoms with van der Waals surface area (Å²) in [6, 6.07) is 0.229. The average Bonchev–Trinajstić information content (AvgIpc) is 2.25. The monoisotopic (exact) mass is 233 g/mol. The van der Waals surface area contributed by atoms with E-state index in [4.69, 9.17) is 16.3 Å². The second kappa shape index (κ2) is 6.33. The number of piperidine rings is 1. The van der Waals surface area contributed by atoms with Gasteiger partial charge >= 0.3 is 0 Å². The van der Waals surface area contributed by atoms with E-state index in [0.717, 1.165) is 19.4 Å². The van der Waals surface area contributed by atoms with Crippen LogP contribution in [0.5, 0.6) is 0 Å². The van der Waals surface area contributed by atoms with Gasteiger partial charge in [0.1, 0.15) is 5.38 Å². The molecular weight excluding hydrogens is 214 g/mol. The highest BCUT2D eigenvalue weighted by Crippen LogP contribution is 2.19. The molecule has 4 heteroatoms. The van der Waals surface area contributed by atoms with Crippen LogP contribution in [0.2, 0.25) is 0 Å². The number of halogens is 1. The third-order valence-corrected chi connectivity index (χ3v) is 2.95. The molecule has 3 nitrogen and oxygen atoms in total. The lowest BCUT2D eigenvalue weighted by molar-refractivity contribution is -0.135. The van der Waals surface area contributed by atoms with Gasteiger partial charge in [-0.15, -0.1) is 11.6 Å². The summed E-state index contributed by atoms with van der Waals surface area (Å²) in [7, 11) is 0. The zero-order valence-electron chi connectivity index (χ0n) is 9.54. The van der Waals surface area contributed by atoms with Gasteiger partial charge in [0.05, 0.1) is 12.6 Å². The van der Waals surface area contributed by atoms with E-state index in [0.29, 0.717) is 13.2 Å². The molecule has 1 aliphatic heterocycles.